The van der Waals surface area contributed by atoms with Gasteiger partial charge in [-0.2, -0.15) is 0 Å². The van der Waals surface area contributed by atoms with Crippen molar-refractivity contribution in [1.29, 1.82) is 0 Å². The van der Waals surface area contributed by atoms with E-state index >= 15 is 0 Å². The van der Waals surface area contributed by atoms with E-state index in [0.29, 0.717) is 0 Å². The van der Waals surface area contributed by atoms with E-state index in [9.17, 15) is 4.79 Å². The van der Waals surface area contributed by atoms with Crippen molar-refractivity contribution in [2.75, 3.05) is 7.11 Å². The van der Waals surface area contributed by atoms with E-state index in [-0.39, 0.29) is 23.9 Å². The van der Waals surface area contributed by atoms with Gasteiger partial charge in [0.1, 0.15) is 12.4 Å². The highest BCUT2D eigenvalue weighted by Crippen LogP contribution is 2.35. The van der Waals surface area contributed by atoms with Crippen molar-refractivity contribution in [1.82, 2.24) is 0 Å². The van der Waals surface area contributed by atoms with Crippen LogP contribution >= 0.6 is 22.6 Å². The van der Waals surface area contributed by atoms with Crippen molar-refractivity contribution < 1.29 is 14.3 Å². The lowest BCUT2D eigenvalue weighted by Crippen LogP contribution is -2.40. The van der Waals surface area contributed by atoms with E-state index in [1.54, 1.807) is 13.4 Å². The number of hydrogen-bond donors (Lipinski definition) is 0. The molecule has 1 fully saturated rings. The number of hydrogen-bond acceptors (Lipinski definition) is 3. The predicted octanol–water partition coefficient (Wildman–Crippen LogP) is 2.05. The van der Waals surface area contributed by atoms with Crippen molar-refractivity contribution in [3.05, 3.63) is 9.84 Å². The van der Waals surface area contributed by atoms with E-state index in [1.165, 1.54) is 0 Å². The predicted molar refractivity (Wildman–Crippen MR) is 60.1 cm³/mol. The molecule has 0 aromatic rings. The molecule has 1 heterocycles. The van der Waals surface area contributed by atoms with Crippen LogP contribution in [0.5, 0.6) is 0 Å². The van der Waals surface area contributed by atoms with E-state index in [1.807, 2.05) is 22.6 Å². The number of carbonyl (C=O) groups is 1. The molecule has 3 atom stereocenters. The molecule has 0 bridgehead atoms. The summed E-state index contributed by atoms with van der Waals surface area (Å²) >= 11 is 2.04. The summed E-state index contributed by atoms with van der Waals surface area (Å²) in [5.41, 5.74) is 0. The van der Waals surface area contributed by atoms with Crippen LogP contribution in [-0.4, -0.2) is 25.1 Å². The molecule has 0 spiro atoms. The largest absolute Gasteiger partial charge is 0.496 e. The molecule has 78 valence electrons. The lowest BCUT2D eigenvalue weighted by atomic mass is 9.81. The molecule has 3 nitrogen and oxygen atoms in total. The summed E-state index contributed by atoms with van der Waals surface area (Å²) in [5, 5.41) is 0. The Kier molecular flexibility index (Phi) is 3.11. The Labute approximate surface area is 97.0 Å². The zero-order valence-corrected chi connectivity index (χ0v) is 10.2. The molecule has 4 heteroatoms. The van der Waals surface area contributed by atoms with Gasteiger partial charge in [0.25, 0.3) is 0 Å². The SMILES string of the molecule is COC1CCC2C(=O)C(I)=COC2C1. The van der Waals surface area contributed by atoms with E-state index in [4.69, 9.17) is 9.47 Å². The zero-order valence-electron chi connectivity index (χ0n) is 8.03. The first kappa shape index (κ1) is 10.4. The Bertz CT molecular complexity index is 275. The van der Waals surface area contributed by atoms with Gasteiger partial charge in [-0.3, -0.25) is 4.79 Å². The van der Waals surface area contributed by atoms with Gasteiger partial charge < -0.3 is 9.47 Å². The van der Waals surface area contributed by atoms with Crippen LogP contribution in [0.15, 0.2) is 9.84 Å². The number of rotatable bonds is 1. The highest BCUT2D eigenvalue weighted by molar-refractivity contribution is 14.1. The number of ketones is 1. The number of halogens is 1. The quantitative estimate of drug-likeness (QED) is 0.696. The normalized spacial score (nSPS) is 37.1. The molecule has 3 unspecified atom stereocenters. The van der Waals surface area contributed by atoms with Crippen LogP contribution in [0.3, 0.4) is 0 Å². The number of allylic oxidation sites excluding steroid dienone is 1. The summed E-state index contributed by atoms with van der Waals surface area (Å²) < 4.78 is 11.5. The Morgan fingerprint density at radius 2 is 2.36 bits per heavy atom. The molecule has 2 aliphatic rings. The molecular formula is C10H13IO3. The standard InChI is InChI=1S/C10H13IO3/c1-13-6-2-3-7-9(4-6)14-5-8(11)10(7)12/h5-7,9H,2-4H2,1H3. The summed E-state index contributed by atoms with van der Waals surface area (Å²) in [7, 11) is 1.72. The lowest BCUT2D eigenvalue weighted by Gasteiger charge is -2.36. The minimum atomic E-state index is 0.0414. The highest BCUT2D eigenvalue weighted by atomic mass is 127. The molecule has 14 heavy (non-hydrogen) atoms. The van der Waals surface area contributed by atoms with Crippen LogP contribution in [0.1, 0.15) is 19.3 Å². The molecule has 0 aromatic carbocycles. The van der Waals surface area contributed by atoms with Crippen LogP contribution in [0.25, 0.3) is 0 Å². The van der Waals surface area contributed by atoms with Crippen LogP contribution in [0.4, 0.5) is 0 Å². The lowest BCUT2D eigenvalue weighted by molar-refractivity contribution is -0.128. The van der Waals surface area contributed by atoms with Gasteiger partial charge in [-0.15, -0.1) is 0 Å². The number of fused-ring (bicyclic) bond motifs is 1. The molecule has 1 aliphatic heterocycles. The molecule has 0 aromatic heterocycles. The summed E-state index contributed by atoms with van der Waals surface area (Å²) in [5.74, 6) is 0.315. The third-order valence-electron chi connectivity index (χ3n) is 3.00. The number of methoxy groups -OCH3 is 1. The third kappa shape index (κ3) is 1.82. The van der Waals surface area contributed by atoms with Crippen molar-refractivity contribution in [2.45, 2.75) is 31.5 Å². The van der Waals surface area contributed by atoms with Gasteiger partial charge in [-0.25, -0.2) is 0 Å². The second-order valence-electron chi connectivity index (χ2n) is 3.78. The van der Waals surface area contributed by atoms with E-state index < -0.39 is 0 Å². The fraction of sp³-hybridized carbons (Fsp3) is 0.700. The zero-order chi connectivity index (χ0) is 10.1. The van der Waals surface area contributed by atoms with Gasteiger partial charge in [-0.05, 0) is 35.4 Å². The van der Waals surface area contributed by atoms with Crippen molar-refractivity contribution in [2.24, 2.45) is 5.92 Å². The van der Waals surface area contributed by atoms with Crippen LogP contribution in [0.2, 0.25) is 0 Å². The first-order chi connectivity index (χ1) is 6.72. The Balaban J connectivity index is 2.10. The molecule has 0 amide bonds. The van der Waals surface area contributed by atoms with Crippen molar-refractivity contribution in [3.8, 4) is 0 Å². The second-order valence-corrected chi connectivity index (χ2v) is 4.94. The second kappa shape index (κ2) is 4.18. The smallest absolute Gasteiger partial charge is 0.178 e. The number of ether oxygens (including phenoxy) is 2. The summed E-state index contributed by atoms with van der Waals surface area (Å²) in [6, 6.07) is 0. The molecular weight excluding hydrogens is 295 g/mol. The monoisotopic (exact) mass is 308 g/mol. The minimum absolute atomic E-state index is 0.0414. The summed E-state index contributed by atoms with van der Waals surface area (Å²) in [4.78, 5) is 11.8. The first-order valence-electron chi connectivity index (χ1n) is 4.80. The van der Waals surface area contributed by atoms with E-state index in [2.05, 4.69) is 0 Å². The topological polar surface area (TPSA) is 35.5 Å². The minimum Gasteiger partial charge on any atom is -0.496 e. The van der Waals surface area contributed by atoms with Gasteiger partial charge in [-0.1, -0.05) is 0 Å². The van der Waals surface area contributed by atoms with Gasteiger partial charge in [0, 0.05) is 13.5 Å². The Morgan fingerprint density at radius 1 is 1.57 bits per heavy atom. The van der Waals surface area contributed by atoms with E-state index in [0.717, 1.165) is 22.8 Å². The Morgan fingerprint density at radius 3 is 3.07 bits per heavy atom. The maximum absolute atomic E-state index is 11.8. The third-order valence-corrected chi connectivity index (χ3v) is 3.78. The van der Waals surface area contributed by atoms with Gasteiger partial charge in [0.05, 0.1) is 15.6 Å². The maximum atomic E-state index is 11.8. The van der Waals surface area contributed by atoms with Gasteiger partial charge >= 0.3 is 0 Å². The van der Waals surface area contributed by atoms with Crippen LogP contribution in [0, 0.1) is 5.92 Å². The van der Waals surface area contributed by atoms with Gasteiger partial charge in [0.15, 0.2) is 5.78 Å². The fourth-order valence-electron chi connectivity index (χ4n) is 2.14. The summed E-state index contributed by atoms with van der Waals surface area (Å²) in [6.45, 7) is 0. The highest BCUT2D eigenvalue weighted by Gasteiger charge is 2.39. The Hall–Kier alpha value is -0.100. The average molecular weight is 308 g/mol. The first-order valence-corrected chi connectivity index (χ1v) is 5.88. The van der Waals surface area contributed by atoms with Crippen LogP contribution in [-0.2, 0) is 14.3 Å². The summed E-state index contributed by atoms with van der Waals surface area (Å²) in [6.07, 6.45) is 4.59. The maximum Gasteiger partial charge on any atom is 0.178 e. The number of carbonyl (C=O) groups excluding carboxylic acids is 1. The molecule has 2 rings (SSSR count). The molecule has 0 saturated heterocycles. The van der Waals surface area contributed by atoms with Crippen LogP contribution < -0.4 is 0 Å². The van der Waals surface area contributed by atoms with Crippen molar-refractivity contribution in [3.63, 3.8) is 0 Å². The average Bonchev–Trinajstić information content (AvgIpc) is 2.23. The van der Waals surface area contributed by atoms with Crippen molar-refractivity contribution >= 4 is 28.4 Å². The van der Waals surface area contributed by atoms with Gasteiger partial charge in [0.2, 0.25) is 0 Å². The molecule has 1 saturated carbocycles. The molecule has 1 aliphatic carbocycles. The molecule has 0 N–H and O–H groups in total. The number of Topliss-reactive ketones (excluding diaryl/α,β-unsaturated/α-hetero) is 1. The molecule has 0 radical (unpaired) electrons. The fourth-order valence-corrected chi connectivity index (χ4v) is 2.69.